The summed E-state index contributed by atoms with van der Waals surface area (Å²) in [6.07, 6.45) is 0. The second kappa shape index (κ2) is 5.43. The van der Waals surface area contributed by atoms with Crippen LogP contribution in [0.3, 0.4) is 0 Å². The van der Waals surface area contributed by atoms with Gasteiger partial charge in [0, 0.05) is 6.54 Å². The highest BCUT2D eigenvalue weighted by Gasteiger charge is 2.14. The van der Waals surface area contributed by atoms with Crippen LogP contribution in [0.25, 0.3) is 0 Å². The Morgan fingerprint density at radius 3 is 2.69 bits per heavy atom. The number of benzene rings is 1. The molecule has 0 saturated heterocycles. The molecule has 0 unspecified atom stereocenters. The summed E-state index contributed by atoms with van der Waals surface area (Å²) in [5.74, 6) is -0.525. The first-order chi connectivity index (χ1) is 7.41. The van der Waals surface area contributed by atoms with Crippen molar-refractivity contribution in [2.45, 2.75) is 20.8 Å². The van der Waals surface area contributed by atoms with E-state index in [2.05, 4.69) is 21.2 Å². The fourth-order valence-corrected chi connectivity index (χ4v) is 1.86. The summed E-state index contributed by atoms with van der Waals surface area (Å²) in [5.41, 5.74) is 0.940. The summed E-state index contributed by atoms with van der Waals surface area (Å²) >= 11 is 3.09. The maximum Gasteiger partial charge on any atom is 0.254 e. The second-order valence-electron chi connectivity index (χ2n) is 4.21. The monoisotopic (exact) mass is 287 g/mol. The predicted octanol–water partition coefficient (Wildman–Crippen LogP) is 3.28. The van der Waals surface area contributed by atoms with Crippen molar-refractivity contribution >= 4 is 21.8 Å². The number of carbonyl (C=O) groups excluding carboxylic acids is 1. The number of hydrogen-bond donors (Lipinski definition) is 1. The first-order valence-electron chi connectivity index (χ1n) is 5.15. The summed E-state index contributed by atoms with van der Waals surface area (Å²) < 4.78 is 14.0. The topological polar surface area (TPSA) is 29.1 Å². The van der Waals surface area contributed by atoms with E-state index >= 15 is 0 Å². The molecule has 0 aliphatic heterocycles. The largest absolute Gasteiger partial charge is 0.352 e. The normalized spacial score (nSPS) is 10.6. The van der Waals surface area contributed by atoms with Gasteiger partial charge in [-0.15, -0.1) is 0 Å². The second-order valence-corrected chi connectivity index (χ2v) is 5.07. The third-order valence-electron chi connectivity index (χ3n) is 2.09. The average molecular weight is 288 g/mol. The Balaban J connectivity index is 2.91. The van der Waals surface area contributed by atoms with Crippen LogP contribution in [0.1, 0.15) is 29.8 Å². The van der Waals surface area contributed by atoms with Crippen molar-refractivity contribution in [2.24, 2.45) is 5.92 Å². The van der Waals surface area contributed by atoms with E-state index in [0.717, 1.165) is 5.56 Å². The Morgan fingerprint density at radius 2 is 2.12 bits per heavy atom. The van der Waals surface area contributed by atoms with Crippen molar-refractivity contribution in [3.8, 4) is 0 Å². The highest BCUT2D eigenvalue weighted by molar-refractivity contribution is 9.10. The molecule has 1 aromatic carbocycles. The smallest absolute Gasteiger partial charge is 0.254 e. The maximum atomic E-state index is 13.6. The van der Waals surface area contributed by atoms with Crippen LogP contribution in [0.2, 0.25) is 0 Å². The molecule has 4 heteroatoms. The Kier molecular flexibility index (Phi) is 4.47. The van der Waals surface area contributed by atoms with Crippen molar-refractivity contribution in [1.29, 1.82) is 0 Å². The molecule has 0 heterocycles. The first-order valence-corrected chi connectivity index (χ1v) is 5.95. The molecule has 0 aliphatic rings. The van der Waals surface area contributed by atoms with Crippen molar-refractivity contribution in [1.82, 2.24) is 5.32 Å². The zero-order valence-electron chi connectivity index (χ0n) is 9.60. The number of hydrogen-bond acceptors (Lipinski definition) is 1. The van der Waals surface area contributed by atoms with Gasteiger partial charge < -0.3 is 5.32 Å². The lowest BCUT2D eigenvalue weighted by atomic mass is 10.1. The van der Waals surface area contributed by atoms with Gasteiger partial charge >= 0.3 is 0 Å². The number of rotatable bonds is 3. The van der Waals surface area contributed by atoms with Gasteiger partial charge in [0.2, 0.25) is 0 Å². The number of nitrogens with one attached hydrogen (secondary N) is 1. The molecule has 0 aliphatic carbocycles. The lowest BCUT2D eigenvalue weighted by Crippen LogP contribution is -2.28. The molecule has 2 nitrogen and oxygen atoms in total. The molecular formula is C12H15BrFNO. The average Bonchev–Trinajstić information content (AvgIpc) is 2.19. The van der Waals surface area contributed by atoms with E-state index in [1.807, 2.05) is 20.8 Å². The van der Waals surface area contributed by atoms with Gasteiger partial charge in [-0.1, -0.05) is 13.8 Å². The van der Waals surface area contributed by atoms with Gasteiger partial charge in [0.15, 0.2) is 0 Å². The minimum absolute atomic E-state index is 0.0903. The van der Waals surface area contributed by atoms with Gasteiger partial charge in [-0.3, -0.25) is 4.79 Å². The van der Waals surface area contributed by atoms with Gasteiger partial charge in [-0.05, 0) is 46.5 Å². The number of aryl methyl sites for hydroxylation is 1. The summed E-state index contributed by atoms with van der Waals surface area (Å²) in [6, 6.07) is 3.20. The molecule has 0 fully saturated rings. The van der Waals surface area contributed by atoms with E-state index in [0.29, 0.717) is 16.9 Å². The Labute approximate surface area is 103 Å². The van der Waals surface area contributed by atoms with Crippen LogP contribution in [0, 0.1) is 18.7 Å². The Bertz CT molecular complexity index is 404. The molecule has 0 atom stereocenters. The van der Waals surface area contributed by atoms with Crippen LogP contribution in [-0.2, 0) is 0 Å². The van der Waals surface area contributed by atoms with Crippen LogP contribution in [0.15, 0.2) is 16.6 Å². The Hall–Kier alpha value is -0.900. The quantitative estimate of drug-likeness (QED) is 0.908. The summed E-state index contributed by atoms with van der Waals surface area (Å²) in [7, 11) is 0. The van der Waals surface area contributed by atoms with Crippen molar-refractivity contribution in [2.75, 3.05) is 6.54 Å². The van der Waals surface area contributed by atoms with Gasteiger partial charge in [-0.25, -0.2) is 4.39 Å². The van der Waals surface area contributed by atoms with E-state index in [-0.39, 0.29) is 11.5 Å². The Morgan fingerprint density at radius 1 is 1.50 bits per heavy atom. The van der Waals surface area contributed by atoms with E-state index in [4.69, 9.17) is 0 Å². The molecule has 1 amide bonds. The minimum Gasteiger partial charge on any atom is -0.352 e. The van der Waals surface area contributed by atoms with E-state index in [9.17, 15) is 9.18 Å². The predicted molar refractivity (Wildman–Crippen MR) is 66.0 cm³/mol. The fourth-order valence-electron chi connectivity index (χ4n) is 1.28. The molecule has 0 bridgehead atoms. The van der Waals surface area contributed by atoms with E-state index < -0.39 is 5.82 Å². The van der Waals surface area contributed by atoms with Crippen LogP contribution in [0.5, 0.6) is 0 Å². The number of halogens is 2. The molecule has 0 radical (unpaired) electrons. The zero-order valence-corrected chi connectivity index (χ0v) is 11.2. The number of amides is 1. The van der Waals surface area contributed by atoms with Crippen molar-refractivity contribution in [3.63, 3.8) is 0 Å². The van der Waals surface area contributed by atoms with Crippen LogP contribution >= 0.6 is 15.9 Å². The highest BCUT2D eigenvalue weighted by Crippen LogP contribution is 2.21. The van der Waals surface area contributed by atoms with Gasteiger partial charge in [0.25, 0.3) is 5.91 Å². The van der Waals surface area contributed by atoms with Crippen molar-refractivity contribution < 1.29 is 9.18 Å². The third kappa shape index (κ3) is 3.30. The lowest BCUT2D eigenvalue weighted by Gasteiger charge is -2.09. The zero-order chi connectivity index (χ0) is 12.3. The molecule has 0 aromatic heterocycles. The highest BCUT2D eigenvalue weighted by atomic mass is 79.9. The SMILES string of the molecule is Cc1cc(Br)c(F)c(C(=O)NCC(C)C)c1. The molecule has 88 valence electrons. The first kappa shape index (κ1) is 13.2. The van der Waals surface area contributed by atoms with Crippen LogP contribution < -0.4 is 5.32 Å². The molecule has 1 N–H and O–H groups in total. The standard InChI is InChI=1S/C12H15BrFNO/c1-7(2)6-15-12(16)9-4-8(3)5-10(13)11(9)14/h4-5,7H,6H2,1-3H3,(H,15,16). The molecular weight excluding hydrogens is 273 g/mol. The lowest BCUT2D eigenvalue weighted by molar-refractivity contribution is 0.0944. The fraction of sp³-hybridized carbons (Fsp3) is 0.417. The van der Waals surface area contributed by atoms with E-state index in [1.165, 1.54) is 0 Å². The van der Waals surface area contributed by atoms with E-state index in [1.54, 1.807) is 12.1 Å². The molecule has 0 spiro atoms. The van der Waals surface area contributed by atoms with Crippen LogP contribution in [0.4, 0.5) is 4.39 Å². The van der Waals surface area contributed by atoms with Gasteiger partial charge in [0.1, 0.15) is 5.82 Å². The minimum atomic E-state index is -0.508. The number of carbonyl (C=O) groups is 1. The third-order valence-corrected chi connectivity index (χ3v) is 2.67. The molecule has 0 saturated carbocycles. The summed E-state index contributed by atoms with van der Waals surface area (Å²) in [6.45, 7) is 6.35. The summed E-state index contributed by atoms with van der Waals surface area (Å²) in [4.78, 5) is 11.7. The molecule has 1 rings (SSSR count). The van der Waals surface area contributed by atoms with Gasteiger partial charge in [0.05, 0.1) is 10.0 Å². The summed E-state index contributed by atoms with van der Waals surface area (Å²) in [5, 5.41) is 2.69. The molecule has 1 aromatic rings. The van der Waals surface area contributed by atoms with Gasteiger partial charge in [-0.2, -0.15) is 0 Å². The van der Waals surface area contributed by atoms with Crippen LogP contribution in [-0.4, -0.2) is 12.5 Å². The maximum absolute atomic E-state index is 13.6. The van der Waals surface area contributed by atoms with Crippen molar-refractivity contribution in [3.05, 3.63) is 33.5 Å². The molecule has 16 heavy (non-hydrogen) atoms.